The Bertz CT molecular complexity index is 429. The summed E-state index contributed by atoms with van der Waals surface area (Å²) in [6, 6.07) is 0. The van der Waals surface area contributed by atoms with Gasteiger partial charge in [-0.25, -0.2) is 0 Å². The van der Waals surface area contributed by atoms with Gasteiger partial charge in [0.1, 0.15) is 6.10 Å². The molecule has 0 aromatic carbocycles. The van der Waals surface area contributed by atoms with Gasteiger partial charge in [0.05, 0.1) is 20.3 Å². The molecule has 0 aliphatic rings. The minimum absolute atomic E-state index is 0.0363. The molecule has 0 heterocycles. The van der Waals surface area contributed by atoms with Crippen LogP contribution in [0.25, 0.3) is 0 Å². The van der Waals surface area contributed by atoms with Crippen molar-refractivity contribution in [1.82, 2.24) is 0 Å². The fourth-order valence-corrected chi connectivity index (χ4v) is 4.55. The second-order valence-electron chi connectivity index (χ2n) is 10.5. The Labute approximate surface area is 224 Å². The van der Waals surface area contributed by atoms with Crippen LogP contribution in [0.2, 0.25) is 0 Å². The average Bonchev–Trinajstić information content (AvgIpc) is 2.89. The van der Waals surface area contributed by atoms with Crippen molar-refractivity contribution in [2.24, 2.45) is 0 Å². The highest BCUT2D eigenvalue weighted by molar-refractivity contribution is 5.68. The van der Waals surface area contributed by atoms with E-state index in [-0.39, 0.29) is 18.7 Å². The van der Waals surface area contributed by atoms with Crippen LogP contribution in [-0.4, -0.2) is 50.7 Å². The number of aliphatic hydroxyl groups is 1. The molecule has 0 saturated carbocycles. The van der Waals surface area contributed by atoms with Gasteiger partial charge in [-0.05, 0) is 19.3 Å². The maximum Gasteiger partial charge on any atom is 0.305 e. The molecule has 0 unspecified atom stereocenters. The molecule has 1 N–H and O–H groups in total. The second-order valence-corrected chi connectivity index (χ2v) is 10.5. The largest absolute Gasteiger partial charge is 0.469 e. The van der Waals surface area contributed by atoms with Gasteiger partial charge in [-0.2, -0.15) is 0 Å². The molecule has 0 spiro atoms. The van der Waals surface area contributed by atoms with E-state index in [4.69, 9.17) is 9.47 Å². The smallest absolute Gasteiger partial charge is 0.305 e. The molecule has 0 saturated heterocycles. The molecule has 5 heteroatoms. The lowest BCUT2D eigenvalue weighted by Crippen LogP contribution is -2.24. The van der Waals surface area contributed by atoms with Crippen molar-refractivity contribution in [3.63, 3.8) is 0 Å². The van der Waals surface area contributed by atoms with Crippen molar-refractivity contribution in [3.8, 4) is 0 Å². The van der Waals surface area contributed by atoms with Gasteiger partial charge in [-0.15, -0.1) is 0 Å². The third kappa shape index (κ3) is 27.9. The summed E-state index contributed by atoms with van der Waals surface area (Å²) in [7, 11) is 1.45. The molecule has 216 valence electrons. The first-order chi connectivity index (χ1) is 17.7. The molecule has 5 nitrogen and oxygen atoms in total. The van der Waals surface area contributed by atoms with Crippen LogP contribution in [0.1, 0.15) is 155 Å². The van der Waals surface area contributed by atoms with Crippen molar-refractivity contribution in [2.45, 2.75) is 161 Å². The van der Waals surface area contributed by atoms with E-state index in [1.54, 1.807) is 0 Å². The van der Waals surface area contributed by atoms with Gasteiger partial charge in [0.15, 0.2) is 0 Å². The summed E-state index contributed by atoms with van der Waals surface area (Å²) in [6.45, 7) is 4.29. The fraction of sp³-hybridized carbons (Fsp3) is 0.968. The predicted molar refractivity (Wildman–Crippen MR) is 152 cm³/mol. The Balaban J connectivity index is 3.28. The summed E-state index contributed by atoms with van der Waals surface area (Å²) in [4.78, 5) is 11.0. The molecule has 0 amide bonds. The zero-order valence-corrected chi connectivity index (χ0v) is 24.2. The standard InChI is InChI=1S/C31H62O5/c1-3-4-5-6-7-8-9-10-11-12-14-18-21-24-27-36-30(28-32)29-35-26-23-20-17-15-13-16-19-22-25-31(33)34-2/h30,32H,3-29H2,1-2H3/t30-/m0/s1. The molecule has 36 heavy (non-hydrogen) atoms. The first kappa shape index (κ1) is 35.4. The molecule has 0 aromatic heterocycles. The summed E-state index contributed by atoms with van der Waals surface area (Å²) in [5, 5.41) is 9.52. The van der Waals surface area contributed by atoms with E-state index in [9.17, 15) is 9.90 Å². The SMILES string of the molecule is CCCCCCCCCCCCCCCCO[C@@H](CO)COCCCCCCCCCCC(=O)OC. The van der Waals surface area contributed by atoms with Crippen LogP contribution >= 0.6 is 0 Å². The van der Waals surface area contributed by atoms with Crippen LogP contribution in [0.3, 0.4) is 0 Å². The highest BCUT2D eigenvalue weighted by atomic mass is 16.5. The lowest BCUT2D eigenvalue weighted by Gasteiger charge is -2.15. The number of unbranched alkanes of at least 4 members (excludes halogenated alkanes) is 20. The van der Waals surface area contributed by atoms with Crippen LogP contribution in [0.15, 0.2) is 0 Å². The Morgan fingerprint density at radius 1 is 0.611 bits per heavy atom. The summed E-state index contributed by atoms with van der Waals surface area (Å²) < 4.78 is 16.2. The Hall–Kier alpha value is -0.650. The predicted octanol–water partition coefficient (Wildman–Crippen LogP) is 8.55. The Morgan fingerprint density at radius 3 is 1.47 bits per heavy atom. The monoisotopic (exact) mass is 514 g/mol. The van der Waals surface area contributed by atoms with Crippen LogP contribution < -0.4 is 0 Å². The number of methoxy groups -OCH3 is 1. The molecular weight excluding hydrogens is 452 g/mol. The van der Waals surface area contributed by atoms with Gasteiger partial charge in [0.2, 0.25) is 0 Å². The van der Waals surface area contributed by atoms with Crippen LogP contribution in [0.4, 0.5) is 0 Å². The highest BCUT2D eigenvalue weighted by Crippen LogP contribution is 2.13. The number of hydrogen-bond acceptors (Lipinski definition) is 5. The maximum atomic E-state index is 11.0. The molecule has 0 fully saturated rings. The summed E-state index contributed by atoms with van der Waals surface area (Å²) in [6.07, 6.45) is 28.6. The molecule has 0 bridgehead atoms. The van der Waals surface area contributed by atoms with E-state index in [1.165, 1.54) is 123 Å². The third-order valence-corrected chi connectivity index (χ3v) is 7.01. The first-order valence-electron chi connectivity index (χ1n) is 15.6. The Kier molecular flexibility index (Phi) is 30.0. The van der Waals surface area contributed by atoms with Gasteiger partial charge in [0.25, 0.3) is 0 Å². The minimum atomic E-state index is -0.183. The van der Waals surface area contributed by atoms with E-state index >= 15 is 0 Å². The van der Waals surface area contributed by atoms with Crippen molar-refractivity contribution < 1.29 is 24.1 Å². The molecule has 0 rings (SSSR count). The number of aliphatic hydroxyl groups excluding tert-OH is 1. The summed E-state index contributed by atoms with van der Waals surface area (Å²) >= 11 is 0. The fourth-order valence-electron chi connectivity index (χ4n) is 4.55. The number of esters is 1. The first-order valence-corrected chi connectivity index (χ1v) is 15.6. The van der Waals surface area contributed by atoms with Crippen molar-refractivity contribution in [1.29, 1.82) is 0 Å². The minimum Gasteiger partial charge on any atom is -0.469 e. The van der Waals surface area contributed by atoms with E-state index in [1.807, 2.05) is 0 Å². The van der Waals surface area contributed by atoms with Gasteiger partial charge in [0, 0.05) is 19.6 Å². The van der Waals surface area contributed by atoms with Gasteiger partial charge in [-0.3, -0.25) is 4.79 Å². The number of carbonyl (C=O) groups excluding carboxylic acids is 1. The topological polar surface area (TPSA) is 65.0 Å². The molecule has 0 aromatic rings. The number of rotatable bonds is 30. The number of carbonyl (C=O) groups is 1. The molecular formula is C31H62O5. The Morgan fingerprint density at radius 2 is 1.03 bits per heavy atom. The lowest BCUT2D eigenvalue weighted by atomic mass is 10.0. The average molecular weight is 515 g/mol. The van der Waals surface area contributed by atoms with Crippen molar-refractivity contribution >= 4 is 5.97 Å². The van der Waals surface area contributed by atoms with E-state index < -0.39 is 0 Å². The number of hydrogen-bond donors (Lipinski definition) is 1. The van der Waals surface area contributed by atoms with Crippen LogP contribution in [0.5, 0.6) is 0 Å². The molecule has 0 aliphatic heterocycles. The van der Waals surface area contributed by atoms with Crippen molar-refractivity contribution in [3.05, 3.63) is 0 Å². The lowest BCUT2D eigenvalue weighted by molar-refractivity contribution is -0.140. The maximum absolute atomic E-state index is 11.0. The van der Waals surface area contributed by atoms with E-state index in [2.05, 4.69) is 11.7 Å². The van der Waals surface area contributed by atoms with Gasteiger partial charge in [-0.1, -0.05) is 129 Å². The molecule has 0 aliphatic carbocycles. The number of ether oxygens (including phenoxy) is 3. The quantitative estimate of drug-likeness (QED) is 0.0768. The third-order valence-electron chi connectivity index (χ3n) is 7.01. The summed E-state index contributed by atoms with van der Waals surface area (Å²) in [5.74, 6) is -0.0985. The normalized spacial score (nSPS) is 12.2. The zero-order chi connectivity index (χ0) is 26.4. The van der Waals surface area contributed by atoms with Crippen LogP contribution in [-0.2, 0) is 19.0 Å². The molecule has 0 radical (unpaired) electrons. The van der Waals surface area contributed by atoms with Crippen molar-refractivity contribution in [2.75, 3.05) is 33.5 Å². The van der Waals surface area contributed by atoms with E-state index in [0.29, 0.717) is 13.0 Å². The van der Waals surface area contributed by atoms with Gasteiger partial charge < -0.3 is 19.3 Å². The zero-order valence-electron chi connectivity index (χ0n) is 24.2. The molecule has 1 atom stereocenters. The summed E-state index contributed by atoms with van der Waals surface area (Å²) in [5.41, 5.74) is 0. The van der Waals surface area contributed by atoms with Crippen LogP contribution in [0, 0.1) is 0 Å². The highest BCUT2D eigenvalue weighted by Gasteiger charge is 2.07. The second kappa shape index (κ2) is 30.6. The van der Waals surface area contributed by atoms with E-state index in [0.717, 1.165) is 38.9 Å². The van der Waals surface area contributed by atoms with Gasteiger partial charge >= 0.3 is 5.97 Å².